The molecule has 1 saturated heterocycles. The number of likely N-dealkylation sites (tertiary alicyclic amines) is 1. The molecule has 0 atom stereocenters. The summed E-state index contributed by atoms with van der Waals surface area (Å²) in [5, 5.41) is 15.8. The highest BCUT2D eigenvalue weighted by Gasteiger charge is 2.24. The first-order valence-corrected chi connectivity index (χ1v) is 9.21. The maximum absolute atomic E-state index is 13.4. The molecule has 0 unspecified atom stereocenters. The molecule has 1 aliphatic rings. The van der Waals surface area contributed by atoms with Gasteiger partial charge in [0.25, 0.3) is 0 Å². The molecule has 7 heteroatoms. The number of amides is 1. The summed E-state index contributed by atoms with van der Waals surface area (Å²) in [7, 11) is 0. The van der Waals surface area contributed by atoms with Gasteiger partial charge >= 0.3 is 0 Å². The molecule has 1 aliphatic heterocycles. The fourth-order valence-electron chi connectivity index (χ4n) is 2.94. The van der Waals surface area contributed by atoms with Gasteiger partial charge < -0.3 is 20.6 Å². The van der Waals surface area contributed by atoms with Crippen LogP contribution in [-0.2, 0) is 11.3 Å². The number of nitrogens with one attached hydrogen (secondary N) is 2. The Morgan fingerprint density at radius 1 is 1.38 bits per heavy atom. The number of hydrogen-bond donors (Lipinski definition) is 3. The molecule has 144 valence electrons. The molecule has 6 nitrogen and oxygen atoms in total. The number of phenolic OH excluding ortho intramolecular Hbond substituents is 1. The molecular formula is C19H29FN4O2. The van der Waals surface area contributed by atoms with Crippen molar-refractivity contribution in [2.45, 2.75) is 46.2 Å². The maximum atomic E-state index is 13.4. The van der Waals surface area contributed by atoms with Gasteiger partial charge in [0.1, 0.15) is 0 Å². The predicted molar refractivity (Wildman–Crippen MR) is 100 cm³/mol. The molecule has 2 rings (SSSR count). The van der Waals surface area contributed by atoms with E-state index in [4.69, 9.17) is 0 Å². The molecule has 0 bridgehead atoms. The molecule has 1 aromatic carbocycles. The Balaban J connectivity index is 1.91. The van der Waals surface area contributed by atoms with Crippen LogP contribution >= 0.6 is 0 Å². The van der Waals surface area contributed by atoms with Gasteiger partial charge in [0.05, 0.1) is 6.54 Å². The van der Waals surface area contributed by atoms with Gasteiger partial charge in [0.2, 0.25) is 5.91 Å². The van der Waals surface area contributed by atoms with Crippen molar-refractivity contribution >= 4 is 11.9 Å². The number of guanidine groups is 1. The Morgan fingerprint density at radius 3 is 2.65 bits per heavy atom. The quantitative estimate of drug-likeness (QED) is 0.553. The molecule has 1 fully saturated rings. The van der Waals surface area contributed by atoms with E-state index in [0.717, 1.165) is 32.5 Å². The number of phenols is 1. The number of rotatable bonds is 5. The van der Waals surface area contributed by atoms with Crippen LogP contribution in [0.5, 0.6) is 5.75 Å². The maximum Gasteiger partial charge on any atom is 0.225 e. The summed E-state index contributed by atoms with van der Waals surface area (Å²) in [6.07, 6.45) is 1.74. The first kappa shape index (κ1) is 20.0. The molecule has 1 amide bonds. The molecule has 0 aliphatic carbocycles. The van der Waals surface area contributed by atoms with Gasteiger partial charge in [0, 0.05) is 31.6 Å². The molecule has 1 heterocycles. The first-order chi connectivity index (χ1) is 12.4. The lowest BCUT2D eigenvalue weighted by Gasteiger charge is -2.34. The average molecular weight is 364 g/mol. The number of nitrogens with zero attached hydrogens (tertiary/aromatic N) is 2. The number of hydrogen-bond acceptors (Lipinski definition) is 3. The van der Waals surface area contributed by atoms with Crippen molar-refractivity contribution in [2.24, 2.45) is 10.9 Å². The zero-order chi connectivity index (χ0) is 19.1. The lowest BCUT2D eigenvalue weighted by molar-refractivity contribution is -0.135. The van der Waals surface area contributed by atoms with Gasteiger partial charge in [-0.15, -0.1) is 0 Å². The highest BCUT2D eigenvalue weighted by Crippen LogP contribution is 2.17. The highest BCUT2D eigenvalue weighted by molar-refractivity contribution is 5.80. The van der Waals surface area contributed by atoms with E-state index in [0.29, 0.717) is 18.1 Å². The van der Waals surface area contributed by atoms with E-state index in [-0.39, 0.29) is 23.6 Å². The number of halogens is 1. The smallest absolute Gasteiger partial charge is 0.225 e. The topological polar surface area (TPSA) is 77.0 Å². The van der Waals surface area contributed by atoms with Gasteiger partial charge in [-0.1, -0.05) is 19.9 Å². The first-order valence-electron chi connectivity index (χ1n) is 9.21. The Kier molecular flexibility index (Phi) is 7.24. The number of benzene rings is 1. The monoisotopic (exact) mass is 364 g/mol. The van der Waals surface area contributed by atoms with Crippen molar-refractivity contribution in [3.8, 4) is 5.75 Å². The molecule has 0 radical (unpaired) electrons. The summed E-state index contributed by atoms with van der Waals surface area (Å²) in [6, 6.07) is 4.53. The molecular weight excluding hydrogens is 335 g/mol. The number of aliphatic imine (C=N–C) groups is 1. The molecule has 0 spiro atoms. The summed E-state index contributed by atoms with van der Waals surface area (Å²) in [5.41, 5.74) is 0.690. The third-order valence-electron chi connectivity index (χ3n) is 4.42. The van der Waals surface area contributed by atoms with Gasteiger partial charge in [0.15, 0.2) is 17.5 Å². The van der Waals surface area contributed by atoms with E-state index >= 15 is 0 Å². The second-order valence-corrected chi connectivity index (χ2v) is 6.88. The predicted octanol–water partition coefficient (Wildman–Crippen LogP) is 2.23. The van der Waals surface area contributed by atoms with E-state index in [1.165, 1.54) is 12.1 Å². The largest absolute Gasteiger partial charge is 0.505 e. The number of carbonyl (C=O) groups excluding carboxylic acids is 1. The number of aromatic hydroxyl groups is 1. The Hall–Kier alpha value is -2.31. The van der Waals surface area contributed by atoms with Crippen molar-refractivity contribution < 1.29 is 14.3 Å². The fourth-order valence-corrected chi connectivity index (χ4v) is 2.94. The van der Waals surface area contributed by atoms with Crippen molar-refractivity contribution in [3.05, 3.63) is 29.6 Å². The number of piperidine rings is 1. The molecule has 26 heavy (non-hydrogen) atoms. The lowest BCUT2D eigenvalue weighted by atomic mass is 10.0. The normalized spacial score (nSPS) is 16.0. The summed E-state index contributed by atoms with van der Waals surface area (Å²) < 4.78 is 13.4. The second-order valence-electron chi connectivity index (χ2n) is 6.88. The molecule has 1 aromatic rings. The van der Waals surface area contributed by atoms with E-state index in [2.05, 4.69) is 15.6 Å². The summed E-state index contributed by atoms with van der Waals surface area (Å²) in [4.78, 5) is 18.5. The summed E-state index contributed by atoms with van der Waals surface area (Å²) >= 11 is 0. The summed E-state index contributed by atoms with van der Waals surface area (Å²) in [6.45, 7) is 8.37. The third-order valence-corrected chi connectivity index (χ3v) is 4.42. The highest BCUT2D eigenvalue weighted by atomic mass is 19.1. The van der Waals surface area contributed by atoms with Gasteiger partial charge in [-0.2, -0.15) is 0 Å². The Morgan fingerprint density at radius 2 is 2.08 bits per heavy atom. The van der Waals surface area contributed by atoms with Gasteiger partial charge in [-0.3, -0.25) is 4.79 Å². The van der Waals surface area contributed by atoms with E-state index in [1.54, 1.807) is 6.07 Å². The zero-order valence-corrected chi connectivity index (χ0v) is 15.8. The third kappa shape index (κ3) is 5.61. The minimum Gasteiger partial charge on any atom is -0.505 e. The lowest BCUT2D eigenvalue weighted by Crippen LogP contribution is -2.50. The van der Waals surface area contributed by atoms with Crippen LogP contribution in [0, 0.1) is 11.7 Å². The van der Waals surface area contributed by atoms with Crippen LogP contribution < -0.4 is 10.6 Å². The zero-order valence-electron chi connectivity index (χ0n) is 15.8. The van der Waals surface area contributed by atoms with Crippen molar-refractivity contribution in [1.29, 1.82) is 0 Å². The van der Waals surface area contributed by atoms with Crippen LogP contribution in [0.1, 0.15) is 39.2 Å². The molecule has 3 N–H and O–H groups in total. The van der Waals surface area contributed by atoms with Crippen molar-refractivity contribution in [2.75, 3.05) is 19.6 Å². The molecule has 0 saturated carbocycles. The van der Waals surface area contributed by atoms with Gasteiger partial charge in [-0.05, 0) is 37.5 Å². The van der Waals surface area contributed by atoms with Crippen molar-refractivity contribution in [1.82, 2.24) is 15.5 Å². The van der Waals surface area contributed by atoms with Crippen LogP contribution in [-0.4, -0.2) is 47.5 Å². The standard InChI is InChI=1S/C19H29FN4O2/c1-4-21-19(22-12-14-5-6-17(25)16(20)11-14)23-15-7-9-24(10-8-15)18(26)13(2)3/h5-6,11,13,15,25H,4,7-10,12H2,1-3H3,(H2,21,22,23). The average Bonchev–Trinajstić information content (AvgIpc) is 2.62. The second kappa shape index (κ2) is 9.40. The minimum atomic E-state index is -0.641. The Labute approximate surface area is 154 Å². The Bertz CT molecular complexity index is 640. The SMILES string of the molecule is CCNC(=NCc1ccc(O)c(F)c1)NC1CCN(C(=O)C(C)C)CC1. The van der Waals surface area contributed by atoms with E-state index < -0.39 is 5.82 Å². The van der Waals surface area contributed by atoms with Crippen LogP contribution in [0.2, 0.25) is 0 Å². The molecule has 0 aromatic heterocycles. The van der Waals surface area contributed by atoms with Crippen molar-refractivity contribution in [3.63, 3.8) is 0 Å². The van der Waals surface area contributed by atoms with Crippen LogP contribution in [0.25, 0.3) is 0 Å². The van der Waals surface area contributed by atoms with Gasteiger partial charge in [-0.25, -0.2) is 9.38 Å². The van der Waals surface area contributed by atoms with E-state index in [1.807, 2.05) is 25.7 Å². The fraction of sp³-hybridized carbons (Fsp3) is 0.579. The minimum absolute atomic E-state index is 0.0316. The van der Waals surface area contributed by atoms with Crippen LogP contribution in [0.4, 0.5) is 4.39 Å². The van der Waals surface area contributed by atoms with Crippen LogP contribution in [0.15, 0.2) is 23.2 Å². The van der Waals surface area contributed by atoms with E-state index in [9.17, 15) is 14.3 Å². The summed E-state index contributed by atoms with van der Waals surface area (Å²) in [5.74, 6) is -0.0830. The number of carbonyl (C=O) groups is 1. The van der Waals surface area contributed by atoms with Crippen LogP contribution in [0.3, 0.4) is 0 Å².